The van der Waals surface area contributed by atoms with Crippen molar-refractivity contribution in [1.82, 2.24) is 19.4 Å². The summed E-state index contributed by atoms with van der Waals surface area (Å²) < 4.78 is 73.3. The van der Waals surface area contributed by atoms with Gasteiger partial charge in [-0.25, -0.2) is 23.2 Å². The fraction of sp³-hybridized carbons (Fsp3) is 0.580. The number of nitrogens with zero attached hydrogens (tertiary/aromatic N) is 5. The van der Waals surface area contributed by atoms with E-state index in [1.807, 2.05) is 17.9 Å². The van der Waals surface area contributed by atoms with Crippen LogP contribution in [0.15, 0.2) is 57.9 Å². The SMILES string of the molecule is CC12C=CC(=O)C=C1CCC1C2C(O)CC2(C)C(C(=O)COC(=O)CCC=O)CCC12.COCOC(=O)c1cn(C2CC2)c2c(OC)c(N3CC4CCCN(C(=O)OCOC(=O)c5cn(C6CC6)c6c(OC)c(N7CCNC(C)C7)c(F)cc6c5=O)C4C3)c(F)cc2c1=O. The highest BCUT2D eigenvalue weighted by atomic mass is 19.1. The number of pyridine rings is 2. The van der Waals surface area contributed by atoms with Crippen LogP contribution in [-0.2, 0) is 42.9 Å². The molecule has 10 atom stereocenters. The Morgan fingerprint density at radius 3 is 1.98 bits per heavy atom. The maximum absolute atomic E-state index is 16.3. The first-order chi connectivity index (χ1) is 45.1. The molecule has 2 aromatic carbocycles. The van der Waals surface area contributed by atoms with E-state index in [0.29, 0.717) is 74.7 Å². The number of piperazine rings is 1. The largest absolute Gasteiger partial charge is 0.492 e. The molecule has 5 heterocycles. The van der Waals surface area contributed by atoms with Crippen molar-refractivity contribution < 1.29 is 80.6 Å². The van der Waals surface area contributed by atoms with E-state index in [1.54, 1.807) is 26.2 Å². The lowest BCUT2D eigenvalue weighted by Gasteiger charge is -2.58. The number of ether oxygens (including phenoxy) is 7. The van der Waals surface area contributed by atoms with Crippen molar-refractivity contribution in [2.45, 2.75) is 135 Å². The zero-order chi connectivity index (χ0) is 66.7. The predicted octanol–water partition coefficient (Wildman–Crippen LogP) is 7.66. The van der Waals surface area contributed by atoms with Crippen molar-refractivity contribution in [3.05, 3.63) is 91.5 Å². The van der Waals surface area contributed by atoms with Gasteiger partial charge in [0.05, 0.1) is 54.6 Å². The number of rotatable bonds is 18. The van der Waals surface area contributed by atoms with E-state index in [9.17, 15) is 48.3 Å². The third-order valence-corrected chi connectivity index (χ3v) is 21.5. The summed E-state index contributed by atoms with van der Waals surface area (Å²) in [6.45, 7) is 7.50. The Bertz CT molecular complexity index is 3920. The summed E-state index contributed by atoms with van der Waals surface area (Å²) in [4.78, 5) is 120. The van der Waals surface area contributed by atoms with Crippen molar-refractivity contribution in [2.75, 3.05) is 90.6 Å². The molecular weight excluding hydrogens is 1220 g/mol. The number of likely N-dealkylation sites (tertiary alicyclic amines) is 1. The van der Waals surface area contributed by atoms with Gasteiger partial charge >= 0.3 is 24.0 Å². The van der Waals surface area contributed by atoms with Crippen LogP contribution in [0.2, 0.25) is 0 Å². The number of Topliss-reactive ketones (excluding diaryl/α,β-unsaturated/α-hetero) is 1. The molecule has 3 aliphatic heterocycles. The second-order valence-electron chi connectivity index (χ2n) is 27.2. The van der Waals surface area contributed by atoms with E-state index >= 15 is 8.78 Å². The third-order valence-electron chi connectivity index (χ3n) is 21.5. The van der Waals surface area contributed by atoms with Crippen LogP contribution >= 0.6 is 0 Å². The molecular formula is C69H82F2N6O17. The van der Waals surface area contributed by atoms with Crippen molar-refractivity contribution >= 4 is 75.0 Å². The monoisotopic (exact) mass is 1300 g/mol. The van der Waals surface area contributed by atoms with Gasteiger partial charge in [-0.1, -0.05) is 25.5 Å². The molecule has 9 aliphatic rings. The highest BCUT2D eigenvalue weighted by Gasteiger charge is 2.63. The van der Waals surface area contributed by atoms with Crippen LogP contribution < -0.4 is 35.4 Å². The van der Waals surface area contributed by atoms with Crippen LogP contribution in [-0.4, -0.2) is 160 Å². The smallest absolute Gasteiger partial charge is 0.412 e. The average molecular weight is 1310 g/mol. The summed E-state index contributed by atoms with van der Waals surface area (Å²) >= 11 is 0. The quantitative estimate of drug-likeness (QED) is 0.0419. The highest BCUT2D eigenvalue weighted by Crippen LogP contribution is 2.66. The molecule has 4 aromatic rings. The number of carbonyl (C=O) groups excluding carboxylic acids is 7. The predicted molar refractivity (Wildman–Crippen MR) is 338 cm³/mol. The topological polar surface area (TPSA) is 270 Å². The molecule has 0 radical (unpaired) electrons. The van der Waals surface area contributed by atoms with E-state index in [0.717, 1.165) is 75.5 Å². The minimum absolute atomic E-state index is 0.00569. The molecule has 5 saturated carbocycles. The van der Waals surface area contributed by atoms with Gasteiger partial charge < -0.3 is 72.2 Å². The molecule has 2 aromatic heterocycles. The fourth-order valence-electron chi connectivity index (χ4n) is 17.0. The molecule has 10 unspecified atom stereocenters. The lowest BCUT2D eigenvalue weighted by atomic mass is 9.46. The van der Waals surface area contributed by atoms with Crippen molar-refractivity contribution in [1.29, 1.82) is 0 Å². The van der Waals surface area contributed by atoms with Crippen LogP contribution in [0.25, 0.3) is 21.8 Å². The lowest BCUT2D eigenvalue weighted by Crippen LogP contribution is -2.56. The Morgan fingerprint density at radius 2 is 1.38 bits per heavy atom. The molecule has 23 nitrogen and oxygen atoms in total. The van der Waals surface area contributed by atoms with Gasteiger partial charge in [0.15, 0.2) is 41.5 Å². The van der Waals surface area contributed by atoms with E-state index in [1.165, 1.54) is 38.6 Å². The molecule has 13 rings (SSSR count). The number of allylic oxidation sites excluding steroid dienone is 4. The van der Waals surface area contributed by atoms with Gasteiger partial charge in [0.25, 0.3) is 0 Å². The van der Waals surface area contributed by atoms with Gasteiger partial charge in [0, 0.05) is 101 Å². The number of amides is 1. The maximum atomic E-state index is 16.3. The molecule has 6 aliphatic carbocycles. The summed E-state index contributed by atoms with van der Waals surface area (Å²) in [5.74, 6) is -3.17. The molecule has 1 amide bonds. The fourth-order valence-corrected chi connectivity index (χ4v) is 17.0. The molecule has 0 bridgehead atoms. The Balaban J connectivity index is 0.000000229. The second-order valence-corrected chi connectivity index (χ2v) is 27.2. The summed E-state index contributed by atoms with van der Waals surface area (Å²) in [5.41, 5.74) is -0.385. The molecule has 2 N–H and O–H groups in total. The number of hydrogen-bond acceptors (Lipinski definition) is 20. The Hall–Kier alpha value is -8.03. The number of aromatic nitrogens is 2. The molecule has 3 saturated heterocycles. The van der Waals surface area contributed by atoms with E-state index in [-0.39, 0.29) is 136 Å². The second kappa shape index (κ2) is 26.6. The number of methoxy groups -OCH3 is 3. The van der Waals surface area contributed by atoms with Gasteiger partial charge in [-0.05, 0) is 125 Å². The number of aliphatic hydroxyl groups is 1. The minimum Gasteiger partial charge on any atom is -0.492 e. The van der Waals surface area contributed by atoms with Gasteiger partial charge in [-0.3, -0.25) is 24.0 Å². The number of ketones is 2. The first-order valence-corrected chi connectivity index (χ1v) is 32.8. The molecule has 504 valence electrons. The van der Waals surface area contributed by atoms with Crippen LogP contribution in [0.3, 0.4) is 0 Å². The van der Waals surface area contributed by atoms with Crippen LogP contribution in [0.5, 0.6) is 11.5 Å². The Morgan fingerprint density at radius 1 is 0.755 bits per heavy atom. The number of benzene rings is 2. The highest BCUT2D eigenvalue weighted by molar-refractivity contribution is 6.02. The first-order valence-electron chi connectivity index (χ1n) is 32.8. The van der Waals surface area contributed by atoms with E-state index in [4.69, 9.17) is 33.2 Å². The van der Waals surface area contributed by atoms with Gasteiger partial charge in [-0.15, -0.1) is 0 Å². The number of aliphatic hydroxyl groups excluding tert-OH is 1. The number of carbonyl (C=O) groups is 7. The summed E-state index contributed by atoms with van der Waals surface area (Å²) in [7, 11) is 4.18. The molecule has 94 heavy (non-hydrogen) atoms. The maximum Gasteiger partial charge on any atom is 0.412 e. The minimum atomic E-state index is -1.03. The standard InChI is InChI=1S/C44H50F2N6O11.C25H32O6/c1-23-16-48(13-11-47-23)36-31(45)14-27-34(40(36)59-3)51(25-7-8-25)19-30(39(27)54)43(56)62-22-63-44(57)50-12-5-6-24-17-49(20-33(24)50)37-32(46)15-28-35(41(37)60-4)52(26-9-10-26)18-29(38(28)53)42(55)61-21-58-2;1-24-10-9-16(27)12-15(24)5-6-17-18-7-8-19(25(18,2)13-20(28)23(17)24)21(29)14-31-22(30)4-3-11-26/h14-15,18-19,23-26,33,47H,5-13,16-17,20-22H2,1-4H3;9-12,17-20,23,28H,3-8,13-14H2,1-2H3. The average Bonchev–Trinajstić information content (AvgIpc) is 1.40. The number of nitrogens with one attached hydrogen (secondary N) is 1. The molecule has 8 fully saturated rings. The normalized spacial score (nSPS) is 27.6. The van der Waals surface area contributed by atoms with Crippen LogP contribution in [0.1, 0.15) is 137 Å². The zero-order valence-electron chi connectivity index (χ0n) is 53.9. The van der Waals surface area contributed by atoms with Gasteiger partial charge in [0.2, 0.25) is 17.7 Å². The van der Waals surface area contributed by atoms with Crippen molar-refractivity contribution in [2.24, 2.45) is 40.4 Å². The Kier molecular flexibility index (Phi) is 18.7. The Labute approximate surface area is 541 Å². The number of hydrogen-bond donors (Lipinski definition) is 2. The number of anilines is 2. The van der Waals surface area contributed by atoms with E-state index < -0.39 is 65.4 Å². The van der Waals surface area contributed by atoms with Gasteiger partial charge in [-0.2, -0.15) is 0 Å². The van der Waals surface area contributed by atoms with E-state index in [2.05, 4.69) is 19.2 Å². The number of esters is 3. The summed E-state index contributed by atoms with van der Waals surface area (Å²) in [6.07, 6.45) is 16.2. The number of fused-ring (bicyclic) bond motifs is 8. The number of halogens is 2. The molecule has 0 spiro atoms. The van der Waals surface area contributed by atoms with Gasteiger partial charge in [0.1, 0.15) is 35.4 Å². The van der Waals surface area contributed by atoms with Crippen molar-refractivity contribution in [3.8, 4) is 11.5 Å². The zero-order valence-corrected chi connectivity index (χ0v) is 53.9. The van der Waals surface area contributed by atoms with Crippen LogP contribution in [0, 0.1) is 52.1 Å². The lowest BCUT2D eigenvalue weighted by molar-refractivity contribution is -0.153. The van der Waals surface area contributed by atoms with Crippen molar-refractivity contribution in [3.63, 3.8) is 0 Å². The third kappa shape index (κ3) is 12.2. The van der Waals surface area contributed by atoms with Crippen LogP contribution in [0.4, 0.5) is 25.0 Å². The number of piperidine rings is 1. The number of aldehydes is 1. The first kappa shape index (κ1) is 66.0. The molecule has 25 heteroatoms. The summed E-state index contributed by atoms with van der Waals surface area (Å²) in [5, 5.41) is 14.6. The summed E-state index contributed by atoms with van der Waals surface area (Å²) in [6, 6.07) is 1.89.